The fourth-order valence-corrected chi connectivity index (χ4v) is 2.74. The lowest BCUT2D eigenvalue weighted by molar-refractivity contribution is 0.194. The van der Waals surface area contributed by atoms with Crippen LogP contribution in [0.3, 0.4) is 0 Å². The van der Waals surface area contributed by atoms with Crippen LogP contribution in [0.15, 0.2) is 24.3 Å². The first-order valence-corrected chi connectivity index (χ1v) is 9.13. The van der Waals surface area contributed by atoms with Gasteiger partial charge in [-0.1, -0.05) is 38.1 Å². The van der Waals surface area contributed by atoms with Crippen molar-refractivity contribution < 1.29 is 9.90 Å². The van der Waals surface area contributed by atoms with E-state index in [1.165, 1.54) is 50.9 Å². The first-order valence-electron chi connectivity index (χ1n) is 9.13. The summed E-state index contributed by atoms with van der Waals surface area (Å²) in [5.41, 5.74) is 2.21. The molecule has 0 bridgehead atoms. The van der Waals surface area contributed by atoms with E-state index in [4.69, 9.17) is 5.11 Å². The van der Waals surface area contributed by atoms with Crippen LogP contribution in [-0.4, -0.2) is 42.3 Å². The van der Waals surface area contributed by atoms with Gasteiger partial charge in [0.2, 0.25) is 0 Å². The lowest BCUT2D eigenvalue weighted by Gasteiger charge is -2.20. The molecule has 136 valence electrons. The van der Waals surface area contributed by atoms with Crippen molar-refractivity contribution in [1.82, 2.24) is 15.5 Å². The number of nitrogens with one attached hydrogen (secondary N) is 2. The second-order valence-electron chi connectivity index (χ2n) is 6.20. The molecule has 0 radical (unpaired) electrons. The summed E-state index contributed by atoms with van der Waals surface area (Å²) in [6.07, 6.45) is 3.92. The van der Waals surface area contributed by atoms with Crippen LogP contribution in [0.2, 0.25) is 0 Å². The summed E-state index contributed by atoms with van der Waals surface area (Å²) in [5.74, 6) is 0. The first kappa shape index (κ1) is 20.5. The third-order valence-electron chi connectivity index (χ3n) is 3.95. The van der Waals surface area contributed by atoms with Gasteiger partial charge in [-0.25, -0.2) is 4.79 Å². The third-order valence-corrected chi connectivity index (χ3v) is 3.95. The van der Waals surface area contributed by atoms with Gasteiger partial charge in [0.15, 0.2) is 0 Å². The minimum absolute atomic E-state index is 0.356. The molecule has 1 aromatic carbocycles. The molecule has 0 saturated carbocycles. The number of unbranched alkanes of at least 4 members (excludes halogenated alkanes) is 1. The number of rotatable bonds is 13. The molecule has 0 aliphatic rings. The Bertz CT molecular complexity index is 442. The van der Waals surface area contributed by atoms with Crippen LogP contribution in [0.5, 0.6) is 0 Å². The summed E-state index contributed by atoms with van der Waals surface area (Å²) < 4.78 is 0. The van der Waals surface area contributed by atoms with Crippen molar-refractivity contribution in [2.75, 3.05) is 26.2 Å². The molecule has 0 unspecified atom stereocenters. The standard InChI is InChI=1S/C19H33N3O2/c1-3-12-22(13-4-2)14-6-5-11-20-15-17-7-9-18(10-8-17)16-21-19(23)24/h7-10,20-21H,3-6,11-16H2,1-2H3,(H,23,24). The fourth-order valence-electron chi connectivity index (χ4n) is 2.74. The lowest BCUT2D eigenvalue weighted by Crippen LogP contribution is -2.27. The van der Waals surface area contributed by atoms with Gasteiger partial charge < -0.3 is 20.6 Å². The van der Waals surface area contributed by atoms with E-state index in [0.29, 0.717) is 6.54 Å². The molecule has 1 aromatic rings. The minimum Gasteiger partial charge on any atom is -0.465 e. The molecule has 0 saturated heterocycles. The Morgan fingerprint density at radius 1 is 0.958 bits per heavy atom. The topological polar surface area (TPSA) is 64.6 Å². The molecule has 0 aliphatic carbocycles. The van der Waals surface area contributed by atoms with E-state index in [0.717, 1.165) is 18.7 Å². The first-order chi connectivity index (χ1) is 11.7. The maximum Gasteiger partial charge on any atom is 0.404 e. The molecule has 0 atom stereocenters. The molecule has 0 fully saturated rings. The van der Waals surface area contributed by atoms with Gasteiger partial charge in [-0.15, -0.1) is 0 Å². The van der Waals surface area contributed by atoms with Gasteiger partial charge in [0, 0.05) is 13.1 Å². The predicted molar refractivity (Wildman–Crippen MR) is 99.3 cm³/mol. The van der Waals surface area contributed by atoms with Gasteiger partial charge in [-0.05, 0) is 63.0 Å². The summed E-state index contributed by atoms with van der Waals surface area (Å²) in [6, 6.07) is 8.05. The predicted octanol–water partition coefficient (Wildman–Crippen LogP) is 3.45. The highest BCUT2D eigenvalue weighted by atomic mass is 16.4. The van der Waals surface area contributed by atoms with E-state index < -0.39 is 6.09 Å². The quantitative estimate of drug-likeness (QED) is 0.483. The van der Waals surface area contributed by atoms with E-state index >= 15 is 0 Å². The number of benzene rings is 1. The zero-order chi connectivity index (χ0) is 17.6. The average molecular weight is 335 g/mol. The van der Waals surface area contributed by atoms with Gasteiger partial charge in [-0.2, -0.15) is 0 Å². The molecule has 0 aliphatic heterocycles. The smallest absolute Gasteiger partial charge is 0.404 e. The lowest BCUT2D eigenvalue weighted by atomic mass is 10.1. The van der Waals surface area contributed by atoms with E-state index in [2.05, 4.69) is 41.5 Å². The molecule has 0 heterocycles. The van der Waals surface area contributed by atoms with E-state index in [-0.39, 0.29) is 0 Å². The Hall–Kier alpha value is -1.59. The van der Waals surface area contributed by atoms with Gasteiger partial charge in [0.1, 0.15) is 0 Å². The highest BCUT2D eigenvalue weighted by Crippen LogP contribution is 2.04. The van der Waals surface area contributed by atoms with Crippen LogP contribution >= 0.6 is 0 Å². The van der Waals surface area contributed by atoms with Gasteiger partial charge in [0.25, 0.3) is 0 Å². The van der Waals surface area contributed by atoms with E-state index in [1.54, 1.807) is 0 Å². The summed E-state index contributed by atoms with van der Waals surface area (Å²) in [4.78, 5) is 13.0. The number of hydrogen-bond donors (Lipinski definition) is 3. The van der Waals surface area contributed by atoms with Gasteiger partial charge in [0.05, 0.1) is 0 Å². The zero-order valence-corrected chi connectivity index (χ0v) is 15.2. The zero-order valence-electron chi connectivity index (χ0n) is 15.2. The molecule has 5 nitrogen and oxygen atoms in total. The molecule has 1 amide bonds. The Morgan fingerprint density at radius 2 is 1.54 bits per heavy atom. The van der Waals surface area contributed by atoms with E-state index in [1.807, 2.05) is 12.1 Å². The summed E-state index contributed by atoms with van der Waals surface area (Å²) in [7, 11) is 0. The van der Waals surface area contributed by atoms with Crippen LogP contribution in [0.4, 0.5) is 4.79 Å². The van der Waals surface area contributed by atoms with Crippen molar-refractivity contribution in [1.29, 1.82) is 0 Å². The third kappa shape index (κ3) is 9.53. The second kappa shape index (κ2) is 12.8. The molecule has 0 spiro atoms. The SMILES string of the molecule is CCCN(CCC)CCCCNCc1ccc(CNC(=O)O)cc1. The fraction of sp³-hybridized carbons (Fsp3) is 0.632. The minimum atomic E-state index is -0.989. The maximum atomic E-state index is 10.5. The molecule has 5 heteroatoms. The van der Waals surface area contributed by atoms with Gasteiger partial charge >= 0.3 is 6.09 Å². The monoisotopic (exact) mass is 335 g/mol. The molecule has 24 heavy (non-hydrogen) atoms. The van der Waals surface area contributed by atoms with Crippen molar-refractivity contribution in [3.05, 3.63) is 35.4 Å². The Kier molecular flexibility index (Phi) is 10.9. The van der Waals surface area contributed by atoms with Crippen molar-refractivity contribution in [3.8, 4) is 0 Å². The number of nitrogens with zero attached hydrogens (tertiary/aromatic N) is 1. The molecule has 0 aromatic heterocycles. The normalized spacial score (nSPS) is 11.0. The second-order valence-corrected chi connectivity index (χ2v) is 6.20. The van der Waals surface area contributed by atoms with Crippen molar-refractivity contribution in [3.63, 3.8) is 0 Å². The molecular formula is C19H33N3O2. The number of carboxylic acid groups (broad SMARTS) is 1. The molecule has 3 N–H and O–H groups in total. The summed E-state index contributed by atoms with van der Waals surface area (Å²) in [6.45, 7) is 10.4. The van der Waals surface area contributed by atoms with Crippen molar-refractivity contribution in [2.45, 2.75) is 52.6 Å². The Morgan fingerprint density at radius 3 is 2.08 bits per heavy atom. The highest BCUT2D eigenvalue weighted by Gasteiger charge is 2.02. The number of amides is 1. The maximum absolute atomic E-state index is 10.5. The largest absolute Gasteiger partial charge is 0.465 e. The molecular weight excluding hydrogens is 302 g/mol. The number of hydrogen-bond acceptors (Lipinski definition) is 3. The Labute approximate surface area is 146 Å². The van der Waals surface area contributed by atoms with Crippen LogP contribution < -0.4 is 10.6 Å². The van der Waals surface area contributed by atoms with E-state index in [9.17, 15) is 4.79 Å². The van der Waals surface area contributed by atoms with Crippen molar-refractivity contribution in [2.24, 2.45) is 0 Å². The highest BCUT2D eigenvalue weighted by molar-refractivity contribution is 5.64. The van der Waals surface area contributed by atoms with Crippen LogP contribution in [-0.2, 0) is 13.1 Å². The summed E-state index contributed by atoms with van der Waals surface area (Å²) >= 11 is 0. The van der Waals surface area contributed by atoms with Crippen LogP contribution in [0, 0.1) is 0 Å². The van der Waals surface area contributed by atoms with Crippen LogP contribution in [0.25, 0.3) is 0 Å². The molecule has 1 rings (SSSR count). The Balaban J connectivity index is 2.13. The van der Waals surface area contributed by atoms with Crippen molar-refractivity contribution >= 4 is 6.09 Å². The van der Waals surface area contributed by atoms with Gasteiger partial charge in [-0.3, -0.25) is 0 Å². The number of carbonyl (C=O) groups is 1. The summed E-state index contributed by atoms with van der Waals surface area (Å²) in [5, 5.41) is 14.4. The average Bonchev–Trinajstić information content (AvgIpc) is 2.57. The van der Waals surface area contributed by atoms with Crippen LogP contribution in [0.1, 0.15) is 50.7 Å².